The maximum absolute atomic E-state index is 12.5. The molecule has 21 heavy (non-hydrogen) atoms. The van der Waals surface area contributed by atoms with Crippen molar-refractivity contribution in [2.24, 2.45) is 0 Å². The third-order valence-electron chi connectivity index (χ3n) is 3.59. The minimum absolute atomic E-state index is 0.326. The molecule has 0 saturated heterocycles. The number of fused-ring (bicyclic) bond motifs is 2. The number of halogens is 1. The largest absolute Gasteiger partial charge is 0.495 e. The van der Waals surface area contributed by atoms with Gasteiger partial charge in [-0.2, -0.15) is 0 Å². The van der Waals surface area contributed by atoms with Gasteiger partial charge in [-0.1, -0.05) is 0 Å². The molecule has 1 aliphatic rings. The SMILES string of the molecule is CC1(C)Oc2cc3oc(=O)ccc3cc2CC1OC(=O)F. The average molecular weight is 292 g/mol. The molecule has 1 atom stereocenters. The lowest BCUT2D eigenvalue weighted by Crippen LogP contribution is -2.48. The lowest BCUT2D eigenvalue weighted by Gasteiger charge is -2.38. The Kier molecular flexibility index (Phi) is 2.97. The van der Waals surface area contributed by atoms with Crippen LogP contribution in [0, 0.1) is 0 Å². The third-order valence-corrected chi connectivity index (χ3v) is 3.59. The highest BCUT2D eigenvalue weighted by atomic mass is 19.1. The summed E-state index contributed by atoms with van der Waals surface area (Å²) in [5.74, 6) is 0.535. The summed E-state index contributed by atoms with van der Waals surface area (Å²) in [7, 11) is 0. The first-order chi connectivity index (χ1) is 9.85. The first-order valence-electron chi connectivity index (χ1n) is 6.47. The molecular formula is C15H13FO5. The molecule has 2 aromatic rings. The Balaban J connectivity index is 2.07. The second kappa shape index (κ2) is 4.58. The van der Waals surface area contributed by atoms with Crippen LogP contribution in [0.5, 0.6) is 5.75 Å². The van der Waals surface area contributed by atoms with E-state index in [9.17, 15) is 14.0 Å². The minimum Gasteiger partial charge on any atom is -0.484 e. The molecule has 110 valence electrons. The lowest BCUT2D eigenvalue weighted by atomic mass is 9.90. The van der Waals surface area contributed by atoms with Gasteiger partial charge in [0.25, 0.3) is 0 Å². The van der Waals surface area contributed by atoms with Crippen molar-refractivity contribution in [2.45, 2.75) is 32.0 Å². The van der Waals surface area contributed by atoms with Gasteiger partial charge in [0.2, 0.25) is 0 Å². The number of rotatable bonds is 1. The molecule has 1 unspecified atom stereocenters. The average Bonchev–Trinajstić information content (AvgIpc) is 2.36. The molecule has 0 amide bonds. The van der Waals surface area contributed by atoms with E-state index in [2.05, 4.69) is 0 Å². The molecule has 1 aromatic carbocycles. The zero-order chi connectivity index (χ0) is 15.2. The fourth-order valence-electron chi connectivity index (χ4n) is 2.49. The second-order valence-corrected chi connectivity index (χ2v) is 5.51. The summed E-state index contributed by atoms with van der Waals surface area (Å²) in [5.41, 5.74) is -0.140. The van der Waals surface area contributed by atoms with Gasteiger partial charge in [0.05, 0.1) is 0 Å². The van der Waals surface area contributed by atoms with E-state index in [1.807, 2.05) is 0 Å². The van der Waals surface area contributed by atoms with Crippen LogP contribution >= 0.6 is 0 Å². The predicted octanol–water partition coefficient (Wildman–Crippen LogP) is 2.98. The number of hydrogen-bond donors (Lipinski definition) is 0. The normalized spacial score (nSPS) is 19.7. The fraction of sp³-hybridized carbons (Fsp3) is 0.333. The standard InChI is InChI=1S/C15H13FO5/c1-15(2)12(20-14(16)18)6-9-5-8-3-4-13(17)19-10(8)7-11(9)21-15/h3-5,7,12H,6H2,1-2H3. The van der Waals surface area contributed by atoms with Crippen LogP contribution in [0.3, 0.4) is 0 Å². The number of ether oxygens (including phenoxy) is 2. The summed E-state index contributed by atoms with van der Waals surface area (Å²) in [6.45, 7) is 3.41. The van der Waals surface area contributed by atoms with Crippen molar-refractivity contribution in [3.63, 3.8) is 0 Å². The van der Waals surface area contributed by atoms with Gasteiger partial charge in [0, 0.05) is 23.9 Å². The Labute approximate surface area is 119 Å². The molecule has 0 radical (unpaired) electrons. The molecule has 0 aliphatic carbocycles. The monoisotopic (exact) mass is 292 g/mol. The quantitative estimate of drug-likeness (QED) is 0.597. The van der Waals surface area contributed by atoms with E-state index >= 15 is 0 Å². The van der Waals surface area contributed by atoms with Gasteiger partial charge in [-0.25, -0.2) is 9.59 Å². The van der Waals surface area contributed by atoms with Crippen molar-refractivity contribution in [1.29, 1.82) is 0 Å². The predicted molar refractivity (Wildman–Crippen MR) is 72.3 cm³/mol. The van der Waals surface area contributed by atoms with Crippen molar-refractivity contribution in [1.82, 2.24) is 0 Å². The van der Waals surface area contributed by atoms with Crippen LogP contribution < -0.4 is 10.4 Å². The Morgan fingerprint density at radius 2 is 2.14 bits per heavy atom. The summed E-state index contributed by atoms with van der Waals surface area (Å²) < 4.78 is 28.1. The molecule has 3 rings (SSSR count). The number of benzene rings is 1. The number of carbonyl (C=O) groups is 1. The van der Waals surface area contributed by atoms with E-state index in [0.717, 1.165) is 10.9 Å². The smallest absolute Gasteiger partial charge is 0.484 e. The Morgan fingerprint density at radius 1 is 1.38 bits per heavy atom. The molecular weight excluding hydrogens is 279 g/mol. The first kappa shape index (κ1) is 13.6. The first-order valence-corrected chi connectivity index (χ1v) is 6.47. The van der Waals surface area contributed by atoms with E-state index in [4.69, 9.17) is 13.9 Å². The highest BCUT2D eigenvalue weighted by Crippen LogP contribution is 2.37. The van der Waals surface area contributed by atoms with E-state index in [1.165, 1.54) is 6.07 Å². The van der Waals surface area contributed by atoms with Crippen LogP contribution in [0.1, 0.15) is 19.4 Å². The molecule has 0 spiro atoms. The van der Waals surface area contributed by atoms with E-state index in [0.29, 0.717) is 17.8 Å². The molecule has 0 bridgehead atoms. The molecule has 2 heterocycles. The fourth-order valence-corrected chi connectivity index (χ4v) is 2.49. The van der Waals surface area contributed by atoms with Crippen LogP contribution in [0.4, 0.5) is 9.18 Å². The minimum atomic E-state index is -1.83. The number of hydrogen-bond acceptors (Lipinski definition) is 5. The van der Waals surface area contributed by atoms with E-state index in [1.54, 1.807) is 32.0 Å². The van der Waals surface area contributed by atoms with Crippen molar-refractivity contribution >= 4 is 17.2 Å². The van der Waals surface area contributed by atoms with Crippen LogP contribution in [-0.4, -0.2) is 17.9 Å². The van der Waals surface area contributed by atoms with Crippen molar-refractivity contribution in [3.05, 3.63) is 40.2 Å². The van der Waals surface area contributed by atoms with Gasteiger partial charge in [0.15, 0.2) is 0 Å². The molecule has 5 nitrogen and oxygen atoms in total. The Morgan fingerprint density at radius 3 is 2.86 bits per heavy atom. The molecule has 0 fully saturated rings. The summed E-state index contributed by atoms with van der Waals surface area (Å²) in [6, 6.07) is 6.36. The van der Waals surface area contributed by atoms with Crippen molar-refractivity contribution in [2.75, 3.05) is 0 Å². The summed E-state index contributed by atoms with van der Waals surface area (Å²) >= 11 is 0. The zero-order valence-electron chi connectivity index (χ0n) is 11.5. The molecule has 6 heteroatoms. The number of carbonyl (C=O) groups excluding carboxylic acids is 1. The second-order valence-electron chi connectivity index (χ2n) is 5.51. The molecule has 1 aromatic heterocycles. The summed E-state index contributed by atoms with van der Waals surface area (Å²) in [6.07, 6.45) is -2.23. The van der Waals surface area contributed by atoms with Crippen LogP contribution in [0.15, 0.2) is 33.5 Å². The van der Waals surface area contributed by atoms with Crippen LogP contribution in [-0.2, 0) is 11.2 Å². The molecule has 0 N–H and O–H groups in total. The maximum atomic E-state index is 12.5. The lowest BCUT2D eigenvalue weighted by molar-refractivity contribution is -0.0560. The summed E-state index contributed by atoms with van der Waals surface area (Å²) in [5, 5.41) is 0.724. The van der Waals surface area contributed by atoms with E-state index < -0.39 is 23.6 Å². The van der Waals surface area contributed by atoms with Gasteiger partial charge < -0.3 is 13.9 Å². The third kappa shape index (κ3) is 2.49. The zero-order valence-corrected chi connectivity index (χ0v) is 11.5. The topological polar surface area (TPSA) is 65.7 Å². The molecule has 1 aliphatic heterocycles. The van der Waals surface area contributed by atoms with Gasteiger partial charge in [-0.15, -0.1) is 4.39 Å². The Bertz CT molecular complexity index is 777. The van der Waals surface area contributed by atoms with Crippen molar-refractivity contribution in [3.8, 4) is 5.75 Å². The highest BCUT2D eigenvalue weighted by molar-refractivity contribution is 5.79. The highest BCUT2D eigenvalue weighted by Gasteiger charge is 2.40. The van der Waals surface area contributed by atoms with Gasteiger partial charge >= 0.3 is 11.8 Å². The van der Waals surface area contributed by atoms with Crippen LogP contribution in [0.25, 0.3) is 11.0 Å². The Hall–Kier alpha value is -2.37. The maximum Gasteiger partial charge on any atom is 0.495 e. The van der Waals surface area contributed by atoms with Gasteiger partial charge in [-0.05, 0) is 31.5 Å². The van der Waals surface area contributed by atoms with Crippen LogP contribution in [0.2, 0.25) is 0 Å². The molecule has 0 saturated carbocycles. The van der Waals surface area contributed by atoms with Crippen molar-refractivity contribution < 1.29 is 23.1 Å². The van der Waals surface area contributed by atoms with E-state index in [-0.39, 0.29) is 0 Å². The summed E-state index contributed by atoms with van der Waals surface area (Å²) in [4.78, 5) is 21.8. The van der Waals surface area contributed by atoms with Gasteiger partial charge in [-0.3, -0.25) is 0 Å². The van der Waals surface area contributed by atoms with Gasteiger partial charge in [0.1, 0.15) is 23.0 Å².